The first-order chi connectivity index (χ1) is 13.5. The fourth-order valence-corrected chi connectivity index (χ4v) is 3.17. The number of hydrogen-bond acceptors (Lipinski definition) is 4. The van der Waals surface area contributed by atoms with Gasteiger partial charge >= 0.3 is 0 Å². The lowest BCUT2D eigenvalue weighted by atomic mass is 10.2. The topological polar surface area (TPSA) is 81.8 Å². The number of amides is 1. The number of hydrogen-bond donors (Lipinski definition) is 1. The molecule has 0 fully saturated rings. The fraction of sp³-hybridized carbons (Fsp3) is 0.100. The molecule has 0 aliphatic heterocycles. The molecule has 2 aromatic carbocycles. The zero-order valence-electron chi connectivity index (χ0n) is 15.0. The van der Waals surface area contributed by atoms with Crippen molar-refractivity contribution in [1.29, 1.82) is 0 Å². The van der Waals surface area contributed by atoms with Gasteiger partial charge in [0.1, 0.15) is 18.3 Å². The van der Waals surface area contributed by atoms with Gasteiger partial charge in [0.25, 0.3) is 5.56 Å². The average molecular weight is 394 g/mol. The van der Waals surface area contributed by atoms with Gasteiger partial charge in [0, 0.05) is 0 Å². The van der Waals surface area contributed by atoms with Crippen LogP contribution in [0.15, 0.2) is 65.8 Å². The summed E-state index contributed by atoms with van der Waals surface area (Å²) in [6, 6.07) is 14.7. The Morgan fingerprint density at radius 3 is 2.71 bits per heavy atom. The Kier molecular flexibility index (Phi) is 4.67. The van der Waals surface area contributed by atoms with E-state index in [0.29, 0.717) is 21.7 Å². The molecule has 140 valence electrons. The molecule has 7 nitrogen and oxygen atoms in total. The number of halogens is 1. The molecule has 4 rings (SSSR count). The summed E-state index contributed by atoms with van der Waals surface area (Å²) < 4.78 is 2.84. The predicted molar refractivity (Wildman–Crippen MR) is 108 cm³/mol. The van der Waals surface area contributed by atoms with E-state index in [4.69, 9.17) is 11.6 Å². The number of aromatic nitrogens is 4. The number of nitrogens with zero attached hydrogens (tertiary/aromatic N) is 4. The Balaban J connectivity index is 1.60. The van der Waals surface area contributed by atoms with Crippen LogP contribution in [-0.4, -0.2) is 25.2 Å². The van der Waals surface area contributed by atoms with Crippen molar-refractivity contribution in [3.8, 4) is 5.69 Å². The number of fused-ring (bicyclic) bond motifs is 1. The van der Waals surface area contributed by atoms with Crippen molar-refractivity contribution >= 4 is 34.2 Å². The van der Waals surface area contributed by atoms with Crippen LogP contribution in [0.5, 0.6) is 0 Å². The second-order valence-electron chi connectivity index (χ2n) is 6.34. The van der Waals surface area contributed by atoms with E-state index in [1.54, 1.807) is 16.8 Å². The van der Waals surface area contributed by atoms with Crippen LogP contribution in [-0.2, 0) is 11.3 Å². The minimum atomic E-state index is -0.371. The SMILES string of the molecule is Cc1ccc(NC(=O)Cn2cnc3c(cnn3-c3ccccc3)c2=O)c(Cl)c1. The molecule has 2 heterocycles. The molecule has 4 aromatic rings. The van der Waals surface area contributed by atoms with E-state index >= 15 is 0 Å². The normalized spacial score (nSPS) is 10.9. The third-order valence-corrected chi connectivity index (χ3v) is 4.58. The molecule has 0 spiro atoms. The summed E-state index contributed by atoms with van der Waals surface area (Å²) >= 11 is 6.14. The molecule has 28 heavy (non-hydrogen) atoms. The van der Waals surface area contributed by atoms with Crippen LogP contribution in [0.1, 0.15) is 5.56 Å². The lowest BCUT2D eigenvalue weighted by Crippen LogP contribution is -2.28. The molecule has 0 aliphatic carbocycles. The summed E-state index contributed by atoms with van der Waals surface area (Å²) in [7, 11) is 0. The van der Waals surface area contributed by atoms with E-state index in [0.717, 1.165) is 11.3 Å². The zero-order valence-corrected chi connectivity index (χ0v) is 15.7. The third kappa shape index (κ3) is 3.39. The summed E-state index contributed by atoms with van der Waals surface area (Å²) in [5.41, 5.74) is 2.39. The van der Waals surface area contributed by atoms with E-state index in [1.165, 1.54) is 17.1 Å². The molecule has 0 aliphatic rings. The Hall–Kier alpha value is -3.45. The molecule has 1 amide bonds. The Morgan fingerprint density at radius 2 is 1.96 bits per heavy atom. The molecule has 0 bridgehead atoms. The van der Waals surface area contributed by atoms with Crippen molar-refractivity contribution in [2.24, 2.45) is 0 Å². The van der Waals surface area contributed by atoms with Crippen molar-refractivity contribution in [1.82, 2.24) is 19.3 Å². The van der Waals surface area contributed by atoms with E-state index < -0.39 is 0 Å². The molecular formula is C20H16ClN5O2. The van der Waals surface area contributed by atoms with Gasteiger partial charge in [-0.15, -0.1) is 0 Å². The Morgan fingerprint density at radius 1 is 1.18 bits per heavy atom. The van der Waals surface area contributed by atoms with Gasteiger partial charge in [-0.2, -0.15) is 5.10 Å². The van der Waals surface area contributed by atoms with E-state index in [-0.39, 0.29) is 18.0 Å². The first-order valence-electron chi connectivity index (χ1n) is 8.57. The number of carbonyl (C=O) groups is 1. The smallest absolute Gasteiger partial charge is 0.264 e. The molecule has 0 radical (unpaired) electrons. The van der Waals surface area contributed by atoms with Gasteiger partial charge in [-0.05, 0) is 36.8 Å². The summed E-state index contributed by atoms with van der Waals surface area (Å²) in [6.07, 6.45) is 2.81. The van der Waals surface area contributed by atoms with E-state index in [2.05, 4.69) is 15.4 Å². The molecular weight excluding hydrogens is 378 g/mol. The lowest BCUT2D eigenvalue weighted by Gasteiger charge is -2.09. The number of carbonyl (C=O) groups excluding carboxylic acids is 1. The van der Waals surface area contributed by atoms with Gasteiger partial charge in [-0.25, -0.2) is 9.67 Å². The van der Waals surface area contributed by atoms with Crippen LogP contribution in [0.25, 0.3) is 16.7 Å². The molecule has 1 N–H and O–H groups in total. The molecule has 2 aromatic heterocycles. The Bertz CT molecular complexity index is 1230. The van der Waals surface area contributed by atoms with Gasteiger partial charge in [-0.3, -0.25) is 14.2 Å². The number of para-hydroxylation sites is 1. The standard InChI is InChI=1S/C20H16ClN5O2/c1-13-7-8-17(16(21)9-13)24-18(27)11-25-12-22-19-15(20(25)28)10-23-26(19)14-5-3-2-4-6-14/h2-10,12H,11H2,1H3,(H,24,27). The lowest BCUT2D eigenvalue weighted by molar-refractivity contribution is -0.116. The first-order valence-corrected chi connectivity index (χ1v) is 8.95. The second-order valence-corrected chi connectivity index (χ2v) is 6.75. The number of rotatable bonds is 4. The molecule has 0 saturated heterocycles. The highest BCUT2D eigenvalue weighted by atomic mass is 35.5. The van der Waals surface area contributed by atoms with Gasteiger partial charge in [0.05, 0.1) is 22.6 Å². The van der Waals surface area contributed by atoms with Crippen LogP contribution in [0.2, 0.25) is 5.02 Å². The molecule has 8 heteroatoms. The van der Waals surface area contributed by atoms with E-state index in [1.807, 2.05) is 43.3 Å². The summed E-state index contributed by atoms with van der Waals surface area (Å²) in [4.78, 5) is 29.4. The number of nitrogens with one attached hydrogen (secondary N) is 1. The fourth-order valence-electron chi connectivity index (χ4n) is 2.89. The van der Waals surface area contributed by atoms with Crippen molar-refractivity contribution in [2.45, 2.75) is 13.5 Å². The maximum atomic E-state index is 12.7. The summed E-state index contributed by atoms with van der Waals surface area (Å²) in [5, 5.41) is 7.75. The third-order valence-electron chi connectivity index (χ3n) is 4.27. The van der Waals surface area contributed by atoms with Gasteiger partial charge in [-0.1, -0.05) is 35.9 Å². The number of benzene rings is 2. The predicted octanol–water partition coefficient (Wildman–Crippen LogP) is 3.18. The van der Waals surface area contributed by atoms with Crippen molar-refractivity contribution in [2.75, 3.05) is 5.32 Å². The average Bonchev–Trinajstić information content (AvgIpc) is 3.12. The maximum Gasteiger partial charge on any atom is 0.264 e. The zero-order chi connectivity index (χ0) is 19.7. The maximum absolute atomic E-state index is 12.7. The molecule has 0 atom stereocenters. The monoisotopic (exact) mass is 393 g/mol. The second kappa shape index (κ2) is 7.28. The number of aryl methyl sites for hydroxylation is 1. The van der Waals surface area contributed by atoms with Gasteiger partial charge in [0.2, 0.25) is 5.91 Å². The highest BCUT2D eigenvalue weighted by Crippen LogP contribution is 2.22. The summed E-state index contributed by atoms with van der Waals surface area (Å²) in [5.74, 6) is -0.371. The molecule has 0 saturated carbocycles. The highest BCUT2D eigenvalue weighted by molar-refractivity contribution is 6.33. The van der Waals surface area contributed by atoms with Crippen LogP contribution >= 0.6 is 11.6 Å². The van der Waals surface area contributed by atoms with Crippen LogP contribution in [0.3, 0.4) is 0 Å². The van der Waals surface area contributed by atoms with Crippen molar-refractivity contribution in [3.63, 3.8) is 0 Å². The minimum absolute atomic E-state index is 0.178. The summed E-state index contributed by atoms with van der Waals surface area (Å²) in [6.45, 7) is 1.73. The largest absolute Gasteiger partial charge is 0.323 e. The van der Waals surface area contributed by atoms with E-state index in [9.17, 15) is 9.59 Å². The number of anilines is 1. The van der Waals surface area contributed by atoms with Crippen molar-refractivity contribution in [3.05, 3.63) is 82.0 Å². The quantitative estimate of drug-likeness (QED) is 0.577. The van der Waals surface area contributed by atoms with Crippen LogP contribution < -0.4 is 10.9 Å². The van der Waals surface area contributed by atoms with Gasteiger partial charge < -0.3 is 5.32 Å². The van der Waals surface area contributed by atoms with Crippen molar-refractivity contribution < 1.29 is 4.79 Å². The highest BCUT2D eigenvalue weighted by Gasteiger charge is 2.14. The van der Waals surface area contributed by atoms with Crippen LogP contribution in [0.4, 0.5) is 5.69 Å². The van der Waals surface area contributed by atoms with Crippen LogP contribution in [0, 0.1) is 6.92 Å². The minimum Gasteiger partial charge on any atom is -0.323 e. The molecule has 0 unspecified atom stereocenters. The Labute approximate surface area is 165 Å². The van der Waals surface area contributed by atoms with Gasteiger partial charge in [0.15, 0.2) is 5.65 Å². The first kappa shape index (κ1) is 17.9.